The van der Waals surface area contributed by atoms with Crippen molar-refractivity contribution >= 4 is 46.5 Å². The Morgan fingerprint density at radius 1 is 0.804 bits per heavy atom. The standard InChI is InChI=1S/C47H42N4/c1-7-12-14-23-35-26-19-30-44-39(35)33-40-38-27-17-18-29-43(38)51(46(11-5)48-41(10-4)36(21-8-2)22-9-3)45(40)32-34(6)50(44)47-31-20-28-42(49-47)37-24-15-13-16-25-37/h7-33H,2,5-6H2,1,3-4H3/b12-7+,22-9-,23-14-,36-21+,40-33-,41-10-,45-32+,48-46?. The highest BCUT2D eigenvalue weighted by Gasteiger charge is 2.22. The molecular formula is C47H42N4. The lowest BCUT2D eigenvalue weighted by molar-refractivity contribution is 1.11. The summed E-state index contributed by atoms with van der Waals surface area (Å²) in [6.45, 7) is 18.9. The second-order valence-corrected chi connectivity index (χ2v) is 11.9. The molecule has 5 aromatic rings. The van der Waals surface area contributed by atoms with E-state index in [1.54, 1.807) is 6.08 Å². The first-order chi connectivity index (χ1) is 25.0. The minimum absolute atomic E-state index is 0.690. The van der Waals surface area contributed by atoms with Crippen molar-refractivity contribution in [1.82, 2.24) is 9.55 Å². The molecule has 1 aliphatic rings. The van der Waals surface area contributed by atoms with Gasteiger partial charge in [-0.2, -0.15) is 0 Å². The maximum absolute atomic E-state index is 5.21. The molecule has 4 heteroatoms. The summed E-state index contributed by atoms with van der Waals surface area (Å²) in [7, 11) is 0. The molecule has 0 aliphatic carbocycles. The Bertz CT molecular complexity index is 2440. The summed E-state index contributed by atoms with van der Waals surface area (Å²) in [5, 5.41) is 3.11. The number of anilines is 2. The summed E-state index contributed by atoms with van der Waals surface area (Å²) in [4.78, 5) is 12.6. The molecule has 0 fully saturated rings. The van der Waals surface area contributed by atoms with Crippen molar-refractivity contribution in [3.8, 4) is 11.3 Å². The summed E-state index contributed by atoms with van der Waals surface area (Å²) in [6.07, 6.45) is 24.3. The third kappa shape index (κ3) is 6.99. The van der Waals surface area contributed by atoms with Crippen molar-refractivity contribution in [3.63, 3.8) is 0 Å². The maximum atomic E-state index is 5.21. The quantitative estimate of drug-likeness (QED) is 0.0894. The van der Waals surface area contributed by atoms with Gasteiger partial charge in [-0.1, -0.05) is 141 Å². The largest absolute Gasteiger partial charge is 0.295 e. The van der Waals surface area contributed by atoms with E-state index in [9.17, 15) is 0 Å². The van der Waals surface area contributed by atoms with Crippen LogP contribution in [0, 0.1) is 0 Å². The van der Waals surface area contributed by atoms with Crippen LogP contribution >= 0.6 is 0 Å². The number of rotatable bonds is 9. The van der Waals surface area contributed by atoms with Crippen LogP contribution in [0.15, 0.2) is 187 Å². The Hall–Kier alpha value is -6.52. The van der Waals surface area contributed by atoms with E-state index < -0.39 is 0 Å². The molecule has 0 atom stereocenters. The first kappa shape index (κ1) is 34.3. The molecule has 0 saturated heterocycles. The third-order valence-electron chi connectivity index (χ3n) is 8.66. The van der Waals surface area contributed by atoms with E-state index in [0.717, 1.165) is 72.3 Å². The zero-order valence-electron chi connectivity index (χ0n) is 29.5. The minimum Gasteiger partial charge on any atom is -0.295 e. The molecular weight excluding hydrogens is 621 g/mol. The summed E-state index contributed by atoms with van der Waals surface area (Å²) < 4.78 is 2.18. The number of hydrogen-bond donors (Lipinski definition) is 0. The van der Waals surface area contributed by atoms with Gasteiger partial charge in [0.1, 0.15) is 11.7 Å². The molecule has 1 aliphatic heterocycles. The van der Waals surface area contributed by atoms with Crippen molar-refractivity contribution < 1.29 is 0 Å². The van der Waals surface area contributed by atoms with Crippen molar-refractivity contribution in [3.05, 3.63) is 204 Å². The van der Waals surface area contributed by atoms with Gasteiger partial charge in [-0.05, 0) is 74.4 Å². The molecule has 0 N–H and O–H groups in total. The fraction of sp³-hybridized carbons (Fsp3) is 0.0638. The van der Waals surface area contributed by atoms with Gasteiger partial charge in [0.05, 0.1) is 27.9 Å². The Morgan fingerprint density at radius 3 is 2.33 bits per heavy atom. The van der Waals surface area contributed by atoms with Crippen LogP contribution in [-0.4, -0.2) is 15.4 Å². The molecule has 0 radical (unpaired) electrons. The SMILES string of the molecule is C=C/C=C(\C=C/C)C(=C/C)/N=C(C=C)n1c2/c(c3ccccc31)=C\c1c(/C=C\C=C\C)cccc1N(c1cccc(-c3ccccc3)n1)C(=C)\C=2. The zero-order chi connectivity index (χ0) is 35.7. The van der Waals surface area contributed by atoms with Crippen LogP contribution < -0.4 is 15.5 Å². The molecule has 0 spiro atoms. The van der Waals surface area contributed by atoms with E-state index >= 15 is 0 Å². The predicted molar refractivity (Wildman–Crippen MR) is 220 cm³/mol. The fourth-order valence-electron chi connectivity index (χ4n) is 6.41. The van der Waals surface area contributed by atoms with Gasteiger partial charge in [0.15, 0.2) is 0 Å². The van der Waals surface area contributed by atoms with Gasteiger partial charge >= 0.3 is 0 Å². The Kier molecular flexibility index (Phi) is 10.6. The van der Waals surface area contributed by atoms with Gasteiger partial charge < -0.3 is 0 Å². The second kappa shape index (κ2) is 15.8. The number of fused-ring (bicyclic) bond motifs is 4. The van der Waals surface area contributed by atoms with Crippen LogP contribution in [0.1, 0.15) is 31.9 Å². The monoisotopic (exact) mass is 662 g/mol. The molecule has 0 saturated carbocycles. The average Bonchev–Trinajstić information content (AvgIpc) is 3.44. The second-order valence-electron chi connectivity index (χ2n) is 11.9. The van der Waals surface area contributed by atoms with E-state index in [2.05, 4.69) is 108 Å². The zero-order valence-corrected chi connectivity index (χ0v) is 29.5. The molecule has 250 valence electrons. The van der Waals surface area contributed by atoms with Crippen molar-refractivity contribution in [2.75, 3.05) is 4.90 Å². The topological polar surface area (TPSA) is 33.4 Å². The Labute approximate surface area is 301 Å². The fourth-order valence-corrected chi connectivity index (χ4v) is 6.41. The van der Waals surface area contributed by atoms with Crippen LogP contribution in [0.4, 0.5) is 11.5 Å². The van der Waals surface area contributed by atoms with Gasteiger partial charge in [0, 0.05) is 27.4 Å². The first-order valence-corrected chi connectivity index (χ1v) is 17.1. The number of benzene rings is 3. The maximum Gasteiger partial charge on any atom is 0.138 e. The van der Waals surface area contributed by atoms with E-state index in [0.29, 0.717) is 5.84 Å². The number of aliphatic imine (C=N–C) groups is 1. The summed E-state index contributed by atoms with van der Waals surface area (Å²) in [6, 6.07) is 31.2. The Balaban J connectivity index is 1.70. The molecule has 0 amide bonds. The van der Waals surface area contributed by atoms with Crippen LogP contribution in [0.5, 0.6) is 0 Å². The minimum atomic E-state index is 0.690. The number of aromatic nitrogens is 2. The van der Waals surface area contributed by atoms with Crippen LogP contribution in [0.25, 0.3) is 40.4 Å². The molecule has 51 heavy (non-hydrogen) atoms. The lowest BCUT2D eigenvalue weighted by Crippen LogP contribution is -2.35. The average molecular weight is 663 g/mol. The van der Waals surface area contributed by atoms with Crippen LogP contribution in [-0.2, 0) is 0 Å². The highest BCUT2D eigenvalue weighted by molar-refractivity contribution is 6.03. The lowest BCUT2D eigenvalue weighted by atomic mass is 10.00. The summed E-state index contributed by atoms with van der Waals surface area (Å²) in [5.74, 6) is 1.46. The van der Waals surface area contributed by atoms with Crippen LogP contribution in [0.3, 0.4) is 0 Å². The van der Waals surface area contributed by atoms with Gasteiger partial charge in [-0.25, -0.2) is 9.98 Å². The molecule has 4 nitrogen and oxygen atoms in total. The summed E-state index contributed by atoms with van der Waals surface area (Å²) >= 11 is 0. The number of allylic oxidation sites excluding steroid dienone is 10. The highest BCUT2D eigenvalue weighted by Crippen LogP contribution is 2.36. The van der Waals surface area contributed by atoms with Crippen molar-refractivity contribution in [1.29, 1.82) is 0 Å². The normalized spacial score (nSPS) is 15.3. The molecule has 0 unspecified atom stereocenters. The molecule has 3 heterocycles. The molecule has 0 bridgehead atoms. The number of hydrogen-bond acceptors (Lipinski definition) is 3. The molecule has 6 rings (SSSR count). The van der Waals surface area contributed by atoms with Gasteiger partial charge in [0.2, 0.25) is 0 Å². The van der Waals surface area contributed by atoms with Gasteiger partial charge in [0.25, 0.3) is 0 Å². The summed E-state index contributed by atoms with van der Waals surface area (Å²) in [5.41, 5.74) is 8.59. The van der Waals surface area contributed by atoms with E-state index in [4.69, 9.17) is 16.6 Å². The van der Waals surface area contributed by atoms with Gasteiger partial charge in [-0.3, -0.25) is 9.47 Å². The van der Waals surface area contributed by atoms with Gasteiger partial charge in [-0.15, -0.1) is 0 Å². The smallest absolute Gasteiger partial charge is 0.138 e. The molecule has 2 aromatic heterocycles. The number of pyridine rings is 1. The Morgan fingerprint density at radius 2 is 1.59 bits per heavy atom. The highest BCUT2D eigenvalue weighted by atomic mass is 15.2. The third-order valence-corrected chi connectivity index (χ3v) is 8.66. The van der Waals surface area contributed by atoms with Crippen LogP contribution in [0.2, 0.25) is 0 Å². The van der Waals surface area contributed by atoms with E-state index in [-0.39, 0.29) is 0 Å². The predicted octanol–water partition coefficient (Wildman–Crippen LogP) is 10.6. The molecule has 3 aromatic carbocycles. The van der Waals surface area contributed by atoms with E-state index in [1.807, 2.05) is 93.6 Å². The van der Waals surface area contributed by atoms with E-state index in [1.165, 1.54) is 0 Å². The first-order valence-electron chi connectivity index (χ1n) is 17.1. The number of para-hydroxylation sites is 1. The van der Waals surface area contributed by atoms with Crippen molar-refractivity contribution in [2.45, 2.75) is 20.8 Å². The lowest BCUT2D eigenvalue weighted by Gasteiger charge is -2.28. The van der Waals surface area contributed by atoms with Crippen molar-refractivity contribution in [2.24, 2.45) is 4.99 Å². The number of nitrogens with zero attached hydrogens (tertiary/aromatic N) is 4.